The van der Waals surface area contributed by atoms with Gasteiger partial charge in [-0.25, -0.2) is 0 Å². The Morgan fingerprint density at radius 3 is 2.64 bits per heavy atom. The minimum atomic E-state index is -0.402. The zero-order valence-electron chi connectivity index (χ0n) is 12.5. The van der Waals surface area contributed by atoms with Gasteiger partial charge in [-0.1, -0.05) is 18.2 Å². The Labute approximate surface area is 133 Å². The number of thiophene rings is 1. The average Bonchev–Trinajstić information content (AvgIpc) is 2.99. The summed E-state index contributed by atoms with van der Waals surface area (Å²) in [6, 6.07) is 9.54. The molecule has 0 fully saturated rings. The maximum absolute atomic E-state index is 11.7. The highest BCUT2D eigenvalue weighted by Gasteiger charge is 2.08. The lowest BCUT2D eigenvalue weighted by Crippen LogP contribution is -2.44. The lowest BCUT2D eigenvalue weighted by molar-refractivity contribution is -0.129. The van der Waals surface area contributed by atoms with Crippen LogP contribution in [-0.4, -0.2) is 18.4 Å². The fourth-order valence-corrected chi connectivity index (χ4v) is 2.50. The van der Waals surface area contributed by atoms with E-state index in [9.17, 15) is 9.59 Å². The zero-order valence-corrected chi connectivity index (χ0v) is 13.3. The van der Waals surface area contributed by atoms with Crippen molar-refractivity contribution in [1.29, 1.82) is 0 Å². The fourth-order valence-electron chi connectivity index (χ4n) is 1.80. The molecule has 0 radical (unpaired) electrons. The second-order valence-corrected chi connectivity index (χ2v) is 5.94. The van der Waals surface area contributed by atoms with Crippen molar-refractivity contribution in [1.82, 2.24) is 10.9 Å². The third-order valence-electron chi connectivity index (χ3n) is 2.96. The standard InChI is InChI=1S/C16H18N2O3S/c1-11-5-6-12(2)14(8-11)21-10-16(20)18-17-15(19)9-13-4-3-7-22-13/h3-8H,9-10H2,1-2H3,(H,17,19)(H,18,20). The number of carbonyl (C=O) groups excluding carboxylic acids is 2. The number of amides is 2. The molecule has 5 nitrogen and oxygen atoms in total. The van der Waals surface area contributed by atoms with Crippen LogP contribution in [0.2, 0.25) is 0 Å². The van der Waals surface area contributed by atoms with Gasteiger partial charge in [0.2, 0.25) is 5.91 Å². The minimum absolute atomic E-state index is 0.149. The Morgan fingerprint density at radius 1 is 1.14 bits per heavy atom. The Kier molecular flexibility index (Phi) is 5.55. The summed E-state index contributed by atoms with van der Waals surface area (Å²) in [5.74, 6) is 0.00281. The molecule has 0 aliphatic rings. The van der Waals surface area contributed by atoms with Crippen LogP contribution < -0.4 is 15.6 Å². The summed E-state index contributed by atoms with van der Waals surface area (Å²) in [5, 5.41) is 1.90. The van der Waals surface area contributed by atoms with Gasteiger partial charge in [0.25, 0.3) is 5.91 Å². The number of ether oxygens (including phenoxy) is 1. The zero-order chi connectivity index (χ0) is 15.9. The summed E-state index contributed by atoms with van der Waals surface area (Å²) >= 11 is 1.50. The number of carbonyl (C=O) groups is 2. The van der Waals surface area contributed by atoms with Gasteiger partial charge >= 0.3 is 0 Å². The van der Waals surface area contributed by atoms with Gasteiger partial charge < -0.3 is 4.74 Å². The summed E-state index contributed by atoms with van der Waals surface area (Å²) in [6.45, 7) is 3.72. The van der Waals surface area contributed by atoms with Crippen LogP contribution in [0.3, 0.4) is 0 Å². The topological polar surface area (TPSA) is 67.4 Å². The van der Waals surface area contributed by atoms with E-state index in [2.05, 4.69) is 10.9 Å². The largest absolute Gasteiger partial charge is 0.483 e. The second-order valence-electron chi connectivity index (χ2n) is 4.91. The first-order chi connectivity index (χ1) is 10.5. The molecule has 0 saturated carbocycles. The smallest absolute Gasteiger partial charge is 0.276 e. The molecule has 0 spiro atoms. The number of aryl methyl sites for hydroxylation is 2. The van der Waals surface area contributed by atoms with Crippen LogP contribution in [0.1, 0.15) is 16.0 Å². The van der Waals surface area contributed by atoms with Crippen LogP contribution in [0.15, 0.2) is 35.7 Å². The molecule has 0 bridgehead atoms. The second kappa shape index (κ2) is 7.61. The number of benzene rings is 1. The van der Waals surface area contributed by atoms with Crippen molar-refractivity contribution < 1.29 is 14.3 Å². The van der Waals surface area contributed by atoms with Gasteiger partial charge in [-0.15, -0.1) is 11.3 Å². The maximum atomic E-state index is 11.7. The van der Waals surface area contributed by atoms with E-state index in [4.69, 9.17) is 4.74 Å². The highest BCUT2D eigenvalue weighted by Crippen LogP contribution is 2.18. The number of hydrogen-bond acceptors (Lipinski definition) is 4. The molecular formula is C16H18N2O3S. The lowest BCUT2D eigenvalue weighted by atomic mass is 10.1. The SMILES string of the molecule is Cc1ccc(C)c(OCC(=O)NNC(=O)Cc2cccs2)c1. The van der Waals surface area contributed by atoms with Crippen molar-refractivity contribution in [3.8, 4) is 5.75 Å². The quantitative estimate of drug-likeness (QED) is 0.830. The van der Waals surface area contributed by atoms with Gasteiger partial charge in [-0.2, -0.15) is 0 Å². The number of hydrazine groups is 1. The normalized spacial score (nSPS) is 10.1. The molecule has 2 aromatic rings. The molecule has 1 heterocycles. The number of rotatable bonds is 5. The number of nitrogens with one attached hydrogen (secondary N) is 2. The van der Waals surface area contributed by atoms with Crippen LogP contribution in [0.4, 0.5) is 0 Å². The van der Waals surface area contributed by atoms with Crippen LogP contribution in [0, 0.1) is 13.8 Å². The van der Waals surface area contributed by atoms with Crippen molar-refractivity contribution in [2.45, 2.75) is 20.3 Å². The van der Waals surface area contributed by atoms with Gasteiger partial charge in [0.1, 0.15) is 5.75 Å². The first kappa shape index (κ1) is 16.0. The summed E-state index contributed by atoms with van der Waals surface area (Å²) in [5.41, 5.74) is 6.73. The Hall–Kier alpha value is -2.34. The first-order valence-electron chi connectivity index (χ1n) is 6.84. The molecule has 0 aliphatic heterocycles. The van der Waals surface area contributed by atoms with E-state index in [1.54, 1.807) is 0 Å². The van der Waals surface area contributed by atoms with Crippen LogP contribution in [-0.2, 0) is 16.0 Å². The molecule has 2 rings (SSSR count). The fraction of sp³-hybridized carbons (Fsp3) is 0.250. The molecule has 6 heteroatoms. The van der Waals surface area contributed by atoms with E-state index >= 15 is 0 Å². The van der Waals surface area contributed by atoms with Gasteiger partial charge in [-0.05, 0) is 42.5 Å². The third kappa shape index (κ3) is 4.89. The summed E-state index contributed by atoms with van der Waals surface area (Å²) in [4.78, 5) is 24.2. The van der Waals surface area contributed by atoms with E-state index in [1.165, 1.54) is 11.3 Å². The Bertz CT molecular complexity index is 653. The van der Waals surface area contributed by atoms with E-state index < -0.39 is 5.91 Å². The van der Waals surface area contributed by atoms with Crippen molar-refractivity contribution >= 4 is 23.2 Å². The van der Waals surface area contributed by atoms with Crippen molar-refractivity contribution in [3.05, 3.63) is 51.7 Å². The molecule has 1 aromatic heterocycles. The van der Waals surface area contributed by atoms with Crippen LogP contribution in [0.25, 0.3) is 0 Å². The molecule has 0 atom stereocenters. The van der Waals surface area contributed by atoms with Gasteiger partial charge in [0.15, 0.2) is 6.61 Å². The molecule has 0 saturated heterocycles. The van der Waals surface area contributed by atoms with Crippen molar-refractivity contribution in [2.75, 3.05) is 6.61 Å². The number of hydrogen-bond donors (Lipinski definition) is 2. The Balaban J connectivity index is 1.74. The van der Waals surface area contributed by atoms with E-state index in [0.717, 1.165) is 16.0 Å². The molecule has 116 valence electrons. The molecule has 22 heavy (non-hydrogen) atoms. The van der Waals surface area contributed by atoms with Crippen LogP contribution in [0.5, 0.6) is 5.75 Å². The highest BCUT2D eigenvalue weighted by atomic mass is 32.1. The maximum Gasteiger partial charge on any atom is 0.276 e. The average molecular weight is 318 g/mol. The monoisotopic (exact) mass is 318 g/mol. The van der Waals surface area contributed by atoms with Gasteiger partial charge in [0.05, 0.1) is 6.42 Å². The summed E-state index contributed by atoms with van der Waals surface area (Å²) in [7, 11) is 0. The van der Waals surface area contributed by atoms with Crippen molar-refractivity contribution in [3.63, 3.8) is 0 Å². The summed E-state index contributed by atoms with van der Waals surface area (Å²) in [6.07, 6.45) is 0.246. The molecule has 2 N–H and O–H groups in total. The molecular weight excluding hydrogens is 300 g/mol. The first-order valence-corrected chi connectivity index (χ1v) is 7.72. The third-order valence-corrected chi connectivity index (χ3v) is 3.84. The minimum Gasteiger partial charge on any atom is -0.483 e. The van der Waals surface area contributed by atoms with Crippen molar-refractivity contribution in [2.24, 2.45) is 0 Å². The lowest BCUT2D eigenvalue weighted by Gasteiger charge is -2.10. The molecule has 1 aromatic carbocycles. The van der Waals surface area contributed by atoms with Crippen LogP contribution >= 0.6 is 11.3 Å². The molecule has 0 unspecified atom stereocenters. The molecule has 0 aliphatic carbocycles. The van der Waals surface area contributed by atoms with Gasteiger partial charge in [-0.3, -0.25) is 20.4 Å². The van der Waals surface area contributed by atoms with Gasteiger partial charge in [0, 0.05) is 4.88 Å². The highest BCUT2D eigenvalue weighted by molar-refractivity contribution is 7.10. The summed E-state index contributed by atoms with van der Waals surface area (Å²) < 4.78 is 5.46. The molecule has 2 amide bonds. The van der Waals surface area contributed by atoms with E-state index in [1.807, 2.05) is 49.6 Å². The van der Waals surface area contributed by atoms with E-state index in [0.29, 0.717) is 5.75 Å². The predicted octanol–water partition coefficient (Wildman–Crippen LogP) is 2.13. The Morgan fingerprint density at radius 2 is 1.91 bits per heavy atom. The van der Waals surface area contributed by atoms with E-state index in [-0.39, 0.29) is 18.9 Å². The predicted molar refractivity (Wildman–Crippen MR) is 85.7 cm³/mol.